The molecule has 1 aromatic carbocycles. The van der Waals surface area contributed by atoms with Gasteiger partial charge in [-0.3, -0.25) is 0 Å². The molecule has 0 saturated carbocycles. The van der Waals surface area contributed by atoms with Crippen molar-refractivity contribution < 1.29 is 0 Å². The van der Waals surface area contributed by atoms with Crippen LogP contribution in [-0.4, -0.2) is 25.0 Å². The lowest BCUT2D eigenvalue weighted by atomic mass is 9.88. The average molecular weight is 233 g/mol. The average Bonchev–Trinajstić information content (AvgIpc) is 2.30. The third-order valence-electron chi connectivity index (χ3n) is 2.95. The van der Waals surface area contributed by atoms with E-state index in [1.54, 1.807) is 0 Å². The van der Waals surface area contributed by atoms with Crippen molar-refractivity contribution in [3.05, 3.63) is 35.9 Å². The molecular formula is C14H23N3. The number of hydrogen-bond acceptors (Lipinski definition) is 1. The van der Waals surface area contributed by atoms with E-state index in [4.69, 9.17) is 5.73 Å². The number of rotatable bonds is 4. The predicted octanol–water partition coefficient (Wildman–Crippen LogP) is 2.58. The Hall–Kier alpha value is -1.51. The number of nitrogens with two attached hydrogens (primary N) is 1. The molecule has 3 nitrogen and oxygen atoms in total. The molecular weight excluding hydrogens is 210 g/mol. The van der Waals surface area contributed by atoms with E-state index >= 15 is 0 Å². The van der Waals surface area contributed by atoms with E-state index in [-0.39, 0.29) is 5.54 Å². The van der Waals surface area contributed by atoms with Crippen LogP contribution in [0.2, 0.25) is 0 Å². The maximum Gasteiger partial charge on any atom is 0.191 e. The van der Waals surface area contributed by atoms with Gasteiger partial charge in [0.25, 0.3) is 0 Å². The van der Waals surface area contributed by atoms with E-state index in [1.165, 1.54) is 5.56 Å². The van der Waals surface area contributed by atoms with Gasteiger partial charge in [0.2, 0.25) is 0 Å². The zero-order valence-electron chi connectivity index (χ0n) is 11.3. The molecule has 0 radical (unpaired) electrons. The summed E-state index contributed by atoms with van der Waals surface area (Å²) in [6.07, 6.45) is 2.07. The quantitative estimate of drug-likeness (QED) is 0.641. The molecule has 0 aliphatic rings. The van der Waals surface area contributed by atoms with Gasteiger partial charge in [0.1, 0.15) is 0 Å². The molecule has 0 heterocycles. The van der Waals surface area contributed by atoms with Crippen LogP contribution in [0, 0.1) is 0 Å². The third-order valence-corrected chi connectivity index (χ3v) is 2.95. The van der Waals surface area contributed by atoms with Gasteiger partial charge >= 0.3 is 0 Å². The lowest BCUT2D eigenvalue weighted by Crippen LogP contribution is -2.34. The standard InChI is InChI=1S/C14H23N3/c1-5-11-14(2,16-13(15)17(3)4)12-9-7-6-8-10-12/h6-10H,5,11H2,1-4H3,(H2,15,16). The Labute approximate surface area is 104 Å². The van der Waals surface area contributed by atoms with Gasteiger partial charge < -0.3 is 10.6 Å². The summed E-state index contributed by atoms with van der Waals surface area (Å²) in [6.45, 7) is 4.31. The van der Waals surface area contributed by atoms with E-state index in [9.17, 15) is 0 Å². The molecule has 0 fully saturated rings. The highest BCUT2D eigenvalue weighted by atomic mass is 15.2. The van der Waals surface area contributed by atoms with Crippen molar-refractivity contribution in [2.24, 2.45) is 10.7 Å². The minimum absolute atomic E-state index is 0.232. The van der Waals surface area contributed by atoms with Gasteiger partial charge in [0, 0.05) is 14.1 Å². The zero-order valence-corrected chi connectivity index (χ0v) is 11.3. The van der Waals surface area contributed by atoms with Crippen molar-refractivity contribution in [2.75, 3.05) is 14.1 Å². The van der Waals surface area contributed by atoms with Crippen LogP contribution >= 0.6 is 0 Å². The van der Waals surface area contributed by atoms with Crippen LogP contribution < -0.4 is 5.73 Å². The summed E-state index contributed by atoms with van der Waals surface area (Å²) in [4.78, 5) is 6.53. The minimum Gasteiger partial charge on any atom is -0.370 e. The molecule has 1 rings (SSSR count). The topological polar surface area (TPSA) is 41.6 Å². The van der Waals surface area contributed by atoms with Crippen LogP contribution in [0.15, 0.2) is 35.3 Å². The van der Waals surface area contributed by atoms with Crippen LogP contribution in [0.5, 0.6) is 0 Å². The van der Waals surface area contributed by atoms with Crippen LogP contribution in [0.4, 0.5) is 0 Å². The molecule has 1 aromatic rings. The van der Waals surface area contributed by atoms with Crippen LogP contribution in [-0.2, 0) is 5.54 Å². The van der Waals surface area contributed by atoms with Gasteiger partial charge in [0.15, 0.2) is 5.96 Å². The summed E-state index contributed by atoms with van der Waals surface area (Å²) in [5, 5.41) is 0. The number of benzene rings is 1. The number of nitrogens with zero attached hydrogens (tertiary/aromatic N) is 2. The van der Waals surface area contributed by atoms with Gasteiger partial charge in [-0.25, -0.2) is 4.99 Å². The summed E-state index contributed by atoms with van der Waals surface area (Å²) >= 11 is 0. The van der Waals surface area contributed by atoms with Gasteiger partial charge in [-0.15, -0.1) is 0 Å². The van der Waals surface area contributed by atoms with E-state index < -0.39 is 0 Å². The Morgan fingerprint density at radius 2 is 1.88 bits per heavy atom. The highest BCUT2D eigenvalue weighted by molar-refractivity contribution is 5.78. The molecule has 0 aliphatic heterocycles. The van der Waals surface area contributed by atoms with Crippen molar-refractivity contribution in [3.8, 4) is 0 Å². The second-order valence-electron chi connectivity index (χ2n) is 4.75. The largest absolute Gasteiger partial charge is 0.370 e. The zero-order chi connectivity index (χ0) is 12.9. The fraction of sp³-hybridized carbons (Fsp3) is 0.500. The molecule has 17 heavy (non-hydrogen) atoms. The lowest BCUT2D eigenvalue weighted by molar-refractivity contribution is 0.438. The van der Waals surface area contributed by atoms with Crippen LogP contribution in [0.25, 0.3) is 0 Å². The second-order valence-corrected chi connectivity index (χ2v) is 4.75. The second kappa shape index (κ2) is 5.71. The van der Waals surface area contributed by atoms with E-state index in [0.717, 1.165) is 12.8 Å². The third kappa shape index (κ3) is 3.48. The smallest absolute Gasteiger partial charge is 0.191 e. The molecule has 1 unspecified atom stereocenters. The van der Waals surface area contributed by atoms with Crippen LogP contribution in [0.3, 0.4) is 0 Å². The maximum atomic E-state index is 5.95. The molecule has 0 saturated heterocycles. The predicted molar refractivity (Wildman–Crippen MR) is 74.0 cm³/mol. The summed E-state index contributed by atoms with van der Waals surface area (Å²) in [7, 11) is 3.83. The summed E-state index contributed by atoms with van der Waals surface area (Å²) in [6, 6.07) is 10.3. The van der Waals surface area contributed by atoms with E-state index in [0.29, 0.717) is 5.96 Å². The number of aliphatic imine (C=N–C) groups is 1. The Kier molecular flexibility index (Phi) is 4.55. The minimum atomic E-state index is -0.232. The first-order chi connectivity index (χ1) is 7.99. The van der Waals surface area contributed by atoms with Crippen molar-refractivity contribution >= 4 is 5.96 Å². The summed E-state index contributed by atoms with van der Waals surface area (Å²) < 4.78 is 0. The van der Waals surface area contributed by atoms with E-state index in [2.05, 4.69) is 31.0 Å². The van der Waals surface area contributed by atoms with Crippen molar-refractivity contribution in [3.63, 3.8) is 0 Å². The van der Waals surface area contributed by atoms with Gasteiger partial charge in [-0.05, 0) is 18.9 Å². The monoisotopic (exact) mass is 233 g/mol. The Balaban J connectivity index is 3.10. The highest BCUT2D eigenvalue weighted by Crippen LogP contribution is 2.30. The Bertz CT molecular complexity index is 370. The molecule has 0 aliphatic carbocycles. The molecule has 1 atom stereocenters. The first kappa shape index (κ1) is 13.6. The summed E-state index contributed by atoms with van der Waals surface area (Å²) in [5.41, 5.74) is 6.93. The first-order valence-electron chi connectivity index (χ1n) is 6.08. The SMILES string of the molecule is CCCC(C)(N=C(N)N(C)C)c1ccccc1. The van der Waals surface area contributed by atoms with Crippen LogP contribution in [0.1, 0.15) is 32.3 Å². The lowest BCUT2D eigenvalue weighted by Gasteiger charge is -2.27. The molecule has 0 amide bonds. The van der Waals surface area contributed by atoms with Crippen molar-refractivity contribution in [2.45, 2.75) is 32.2 Å². The number of hydrogen-bond donors (Lipinski definition) is 1. The molecule has 0 spiro atoms. The summed E-state index contributed by atoms with van der Waals surface area (Å²) in [5.74, 6) is 0.574. The maximum absolute atomic E-state index is 5.95. The van der Waals surface area contributed by atoms with Gasteiger partial charge in [-0.1, -0.05) is 43.7 Å². The highest BCUT2D eigenvalue weighted by Gasteiger charge is 2.25. The fourth-order valence-corrected chi connectivity index (χ4v) is 1.90. The molecule has 3 heteroatoms. The first-order valence-corrected chi connectivity index (χ1v) is 6.08. The van der Waals surface area contributed by atoms with E-state index in [1.807, 2.05) is 37.2 Å². The Morgan fingerprint density at radius 1 is 1.29 bits per heavy atom. The normalized spacial score (nSPS) is 15.4. The molecule has 94 valence electrons. The van der Waals surface area contributed by atoms with Gasteiger partial charge in [0.05, 0.1) is 5.54 Å². The van der Waals surface area contributed by atoms with Gasteiger partial charge in [-0.2, -0.15) is 0 Å². The fourth-order valence-electron chi connectivity index (χ4n) is 1.90. The molecule has 0 bridgehead atoms. The van der Waals surface area contributed by atoms with Crippen molar-refractivity contribution in [1.82, 2.24) is 4.90 Å². The molecule has 0 aromatic heterocycles. The van der Waals surface area contributed by atoms with Crippen molar-refractivity contribution in [1.29, 1.82) is 0 Å². The number of guanidine groups is 1. The molecule has 2 N–H and O–H groups in total. The Morgan fingerprint density at radius 3 is 2.35 bits per heavy atom.